The summed E-state index contributed by atoms with van der Waals surface area (Å²) in [6.07, 6.45) is -2.89. The zero-order chi connectivity index (χ0) is 18.0. The van der Waals surface area contributed by atoms with Gasteiger partial charge in [-0.3, -0.25) is 5.01 Å². The zero-order valence-electron chi connectivity index (χ0n) is 13.4. The molecule has 1 heterocycles. The van der Waals surface area contributed by atoms with Gasteiger partial charge in [-0.15, -0.1) is 0 Å². The number of para-hydroxylation sites is 1. The van der Waals surface area contributed by atoms with E-state index in [9.17, 15) is 18.3 Å². The van der Waals surface area contributed by atoms with Gasteiger partial charge in [-0.25, -0.2) is 4.99 Å². The van der Waals surface area contributed by atoms with Gasteiger partial charge in [0.1, 0.15) is 5.75 Å². The number of anilines is 1. The second-order valence-electron chi connectivity index (χ2n) is 5.81. The Kier molecular flexibility index (Phi) is 4.48. The van der Waals surface area contributed by atoms with Crippen molar-refractivity contribution >= 4 is 17.7 Å². The van der Waals surface area contributed by atoms with Gasteiger partial charge in [-0.2, -0.15) is 18.3 Å². The van der Waals surface area contributed by atoms with Crippen LogP contribution in [0.2, 0.25) is 0 Å². The Morgan fingerprint density at radius 3 is 2.68 bits per heavy atom. The lowest BCUT2D eigenvalue weighted by atomic mass is 10.1. The Morgan fingerprint density at radius 2 is 1.96 bits per heavy atom. The minimum Gasteiger partial charge on any atom is -0.507 e. The monoisotopic (exact) mass is 347 g/mol. The van der Waals surface area contributed by atoms with Crippen LogP contribution in [0, 0.1) is 5.92 Å². The molecule has 130 valence electrons. The number of amidine groups is 1. The van der Waals surface area contributed by atoms with Crippen LogP contribution in [0.15, 0.2) is 58.6 Å². The summed E-state index contributed by atoms with van der Waals surface area (Å²) in [7, 11) is 0. The molecule has 7 heteroatoms. The van der Waals surface area contributed by atoms with Crippen molar-refractivity contribution in [3.05, 3.63) is 59.7 Å². The minimum absolute atomic E-state index is 0.0448. The maximum absolute atomic E-state index is 12.9. The van der Waals surface area contributed by atoms with Crippen molar-refractivity contribution in [3.8, 4) is 5.75 Å². The van der Waals surface area contributed by atoms with Crippen molar-refractivity contribution in [1.29, 1.82) is 0 Å². The van der Waals surface area contributed by atoms with Gasteiger partial charge in [-0.05, 0) is 30.3 Å². The molecule has 0 amide bonds. The van der Waals surface area contributed by atoms with E-state index in [0.717, 1.165) is 12.1 Å². The lowest BCUT2D eigenvalue weighted by Gasteiger charge is -2.16. The maximum Gasteiger partial charge on any atom is 0.416 e. The Hall–Kier alpha value is -2.83. The number of aromatic hydroxyl groups is 1. The maximum atomic E-state index is 12.9. The molecule has 25 heavy (non-hydrogen) atoms. The van der Waals surface area contributed by atoms with Gasteiger partial charge in [-0.1, -0.05) is 25.1 Å². The molecule has 3 rings (SSSR count). The normalized spacial score (nSPS) is 18.0. The first-order valence-electron chi connectivity index (χ1n) is 7.70. The molecule has 0 bridgehead atoms. The van der Waals surface area contributed by atoms with Crippen molar-refractivity contribution in [2.24, 2.45) is 16.0 Å². The Bertz CT molecular complexity index is 830. The van der Waals surface area contributed by atoms with Gasteiger partial charge in [0, 0.05) is 17.7 Å². The predicted molar refractivity (Wildman–Crippen MR) is 91.1 cm³/mol. The van der Waals surface area contributed by atoms with Crippen LogP contribution < -0.4 is 5.01 Å². The number of aliphatic imine (C=N–C) groups is 1. The van der Waals surface area contributed by atoms with E-state index in [2.05, 4.69) is 10.1 Å². The van der Waals surface area contributed by atoms with Crippen LogP contribution in [0.1, 0.15) is 18.1 Å². The van der Waals surface area contributed by atoms with E-state index < -0.39 is 11.7 Å². The number of hydrogen-bond acceptors (Lipinski definition) is 4. The van der Waals surface area contributed by atoms with Gasteiger partial charge in [0.15, 0.2) is 5.84 Å². The predicted octanol–water partition coefficient (Wildman–Crippen LogP) is 4.30. The molecule has 0 radical (unpaired) electrons. The second-order valence-corrected chi connectivity index (χ2v) is 5.81. The first-order valence-corrected chi connectivity index (χ1v) is 7.70. The van der Waals surface area contributed by atoms with Gasteiger partial charge in [0.2, 0.25) is 0 Å². The molecule has 0 spiro atoms. The Balaban J connectivity index is 1.83. The van der Waals surface area contributed by atoms with E-state index >= 15 is 0 Å². The van der Waals surface area contributed by atoms with Gasteiger partial charge < -0.3 is 5.11 Å². The fourth-order valence-corrected chi connectivity index (χ4v) is 2.50. The number of benzene rings is 2. The molecular weight excluding hydrogens is 331 g/mol. The van der Waals surface area contributed by atoms with E-state index in [0.29, 0.717) is 23.6 Å². The molecule has 1 N–H and O–H groups in total. The lowest BCUT2D eigenvalue weighted by Crippen LogP contribution is -2.17. The van der Waals surface area contributed by atoms with Gasteiger partial charge >= 0.3 is 6.18 Å². The number of rotatable bonds is 2. The topological polar surface area (TPSA) is 48.2 Å². The van der Waals surface area contributed by atoms with E-state index in [1.165, 1.54) is 17.3 Å². The first-order chi connectivity index (χ1) is 11.8. The van der Waals surface area contributed by atoms with Crippen LogP contribution in [-0.2, 0) is 6.18 Å². The summed E-state index contributed by atoms with van der Waals surface area (Å²) >= 11 is 0. The SMILES string of the molecule is CC1CN(c2cccc(C(F)(F)F)c2)N=C1/N=C/c1ccccc1O. The van der Waals surface area contributed by atoms with E-state index in [1.54, 1.807) is 30.3 Å². The highest BCUT2D eigenvalue weighted by Crippen LogP contribution is 2.32. The van der Waals surface area contributed by atoms with Crippen molar-refractivity contribution in [2.75, 3.05) is 11.6 Å². The molecule has 4 nitrogen and oxygen atoms in total. The largest absolute Gasteiger partial charge is 0.507 e. The van der Waals surface area contributed by atoms with Gasteiger partial charge in [0.25, 0.3) is 0 Å². The summed E-state index contributed by atoms with van der Waals surface area (Å²) in [5.74, 6) is 0.560. The first kappa shape index (κ1) is 17.0. The summed E-state index contributed by atoms with van der Waals surface area (Å²) in [6.45, 7) is 2.34. The third kappa shape index (κ3) is 3.81. The summed E-state index contributed by atoms with van der Waals surface area (Å²) < 4.78 is 38.6. The quantitative estimate of drug-likeness (QED) is 0.824. The number of phenols is 1. The van der Waals surface area contributed by atoms with Crippen LogP contribution in [0.4, 0.5) is 18.9 Å². The number of alkyl halides is 3. The summed E-state index contributed by atoms with van der Waals surface area (Å²) in [6, 6.07) is 11.8. The number of nitrogens with zero attached hydrogens (tertiary/aromatic N) is 3. The molecule has 0 saturated carbocycles. The van der Waals surface area contributed by atoms with E-state index in [4.69, 9.17) is 0 Å². The van der Waals surface area contributed by atoms with Gasteiger partial charge in [0.05, 0.1) is 17.8 Å². The molecule has 1 aliphatic rings. The van der Waals surface area contributed by atoms with E-state index in [1.807, 2.05) is 6.92 Å². The average molecular weight is 347 g/mol. The molecule has 1 unspecified atom stereocenters. The van der Waals surface area contributed by atoms with Crippen LogP contribution in [0.5, 0.6) is 5.75 Å². The molecule has 1 atom stereocenters. The summed E-state index contributed by atoms with van der Waals surface area (Å²) in [4.78, 5) is 4.28. The Labute approximate surface area is 142 Å². The van der Waals surface area contributed by atoms with Crippen LogP contribution in [0.3, 0.4) is 0 Å². The van der Waals surface area contributed by atoms with Crippen LogP contribution in [0.25, 0.3) is 0 Å². The molecule has 0 saturated heterocycles. The molecule has 0 aromatic heterocycles. The van der Waals surface area contributed by atoms with Crippen LogP contribution in [-0.4, -0.2) is 23.7 Å². The zero-order valence-corrected chi connectivity index (χ0v) is 13.4. The van der Waals surface area contributed by atoms with Crippen molar-refractivity contribution in [1.82, 2.24) is 0 Å². The second kappa shape index (κ2) is 6.58. The molecule has 2 aromatic carbocycles. The third-order valence-electron chi connectivity index (χ3n) is 3.85. The standard InChI is InChI=1S/C18H16F3N3O/c1-12-11-24(15-7-4-6-14(9-15)18(19,20)21)23-17(12)22-10-13-5-2-3-8-16(13)25/h2-10,12,25H,11H2,1H3/b22-10+. The molecule has 0 fully saturated rings. The highest BCUT2D eigenvalue weighted by Gasteiger charge is 2.31. The molecule has 2 aromatic rings. The summed E-state index contributed by atoms with van der Waals surface area (Å²) in [5.41, 5.74) is 0.211. The fraction of sp³-hybridized carbons (Fsp3) is 0.222. The highest BCUT2D eigenvalue weighted by molar-refractivity contribution is 5.98. The highest BCUT2D eigenvalue weighted by atomic mass is 19.4. The summed E-state index contributed by atoms with van der Waals surface area (Å²) in [5, 5.41) is 15.6. The molecular formula is C18H16F3N3O. The Morgan fingerprint density at radius 1 is 1.20 bits per heavy atom. The minimum atomic E-state index is -4.39. The van der Waals surface area contributed by atoms with E-state index in [-0.39, 0.29) is 11.7 Å². The van der Waals surface area contributed by atoms with Crippen molar-refractivity contribution in [2.45, 2.75) is 13.1 Å². The molecule has 1 aliphatic heterocycles. The third-order valence-corrected chi connectivity index (χ3v) is 3.85. The van der Waals surface area contributed by atoms with Crippen molar-refractivity contribution < 1.29 is 18.3 Å². The number of hydrazone groups is 1. The lowest BCUT2D eigenvalue weighted by molar-refractivity contribution is -0.137. The smallest absolute Gasteiger partial charge is 0.416 e. The molecule has 0 aliphatic carbocycles. The number of halogens is 3. The fourth-order valence-electron chi connectivity index (χ4n) is 2.50. The number of hydrogen-bond donors (Lipinski definition) is 1. The average Bonchev–Trinajstić information content (AvgIpc) is 2.94. The van der Waals surface area contributed by atoms with Crippen molar-refractivity contribution in [3.63, 3.8) is 0 Å². The van der Waals surface area contributed by atoms with Crippen LogP contribution >= 0.6 is 0 Å². The number of phenolic OH excluding ortho intramolecular Hbond substituents is 1.